The van der Waals surface area contributed by atoms with E-state index in [1.165, 1.54) is 23.5 Å². The van der Waals surface area contributed by atoms with Gasteiger partial charge in [-0.15, -0.1) is 0 Å². The first-order valence-electron chi connectivity index (χ1n) is 10.6. The highest BCUT2D eigenvalue weighted by Gasteiger charge is 2.64. The second-order valence-corrected chi connectivity index (χ2v) is 7.84. The standard InChI is InChI=1S/C23H29NO7/c1-16(25)30-14-12-19-23(22(27)28,24-20(26)15-21(24)31-19)13-6-4-3-5-7-17-8-10-18(29-2)11-9-17/h8-12,21H,3-7,13-15H2,1-2H3,(H,27,28)/b19-12-/t21-,23-/m1/s1. The van der Waals surface area contributed by atoms with Gasteiger partial charge in [-0.3, -0.25) is 14.5 Å². The third-order valence-corrected chi connectivity index (χ3v) is 5.81. The van der Waals surface area contributed by atoms with E-state index in [2.05, 4.69) is 0 Å². The second-order valence-electron chi connectivity index (χ2n) is 7.84. The first kappa shape index (κ1) is 22.7. The highest BCUT2D eigenvalue weighted by atomic mass is 16.5. The minimum absolute atomic E-state index is 0.0870. The largest absolute Gasteiger partial charge is 0.497 e. The molecule has 1 aromatic rings. The number of aryl methyl sites for hydroxylation is 1. The van der Waals surface area contributed by atoms with Gasteiger partial charge in [0.1, 0.15) is 18.1 Å². The molecule has 8 nitrogen and oxygen atoms in total. The molecule has 2 heterocycles. The van der Waals surface area contributed by atoms with Gasteiger partial charge in [0.25, 0.3) is 0 Å². The number of hydrogen-bond donors (Lipinski definition) is 1. The molecule has 0 saturated carbocycles. The number of carboxylic acid groups (broad SMARTS) is 1. The molecule has 0 radical (unpaired) electrons. The van der Waals surface area contributed by atoms with Crippen molar-refractivity contribution in [3.05, 3.63) is 41.7 Å². The Hall–Kier alpha value is -3.03. The monoisotopic (exact) mass is 431 g/mol. The summed E-state index contributed by atoms with van der Waals surface area (Å²) in [5.41, 5.74) is -0.285. The van der Waals surface area contributed by atoms with Gasteiger partial charge in [0.15, 0.2) is 6.23 Å². The molecule has 8 heteroatoms. The summed E-state index contributed by atoms with van der Waals surface area (Å²) in [4.78, 5) is 36.8. The normalized spacial score (nSPS) is 23.2. The maximum atomic E-state index is 12.3. The Bertz CT molecular complexity index is 848. The van der Waals surface area contributed by atoms with E-state index in [-0.39, 0.29) is 31.1 Å². The highest BCUT2D eigenvalue weighted by molar-refractivity contribution is 5.94. The number of unbranched alkanes of at least 4 members (excludes halogenated alkanes) is 3. The fourth-order valence-electron chi connectivity index (χ4n) is 4.17. The van der Waals surface area contributed by atoms with E-state index in [0.717, 1.165) is 31.4 Å². The van der Waals surface area contributed by atoms with Crippen molar-refractivity contribution in [1.82, 2.24) is 4.90 Å². The molecular formula is C23H29NO7. The molecular weight excluding hydrogens is 402 g/mol. The van der Waals surface area contributed by atoms with Crippen LogP contribution in [-0.4, -0.2) is 53.3 Å². The minimum atomic E-state index is -1.52. The predicted octanol–water partition coefficient (Wildman–Crippen LogP) is 3.05. The molecule has 1 N–H and O–H groups in total. The van der Waals surface area contributed by atoms with Crippen molar-refractivity contribution >= 4 is 17.8 Å². The van der Waals surface area contributed by atoms with Crippen LogP contribution in [0.1, 0.15) is 51.0 Å². The summed E-state index contributed by atoms with van der Waals surface area (Å²) in [6, 6.07) is 7.97. The average molecular weight is 431 g/mol. The summed E-state index contributed by atoms with van der Waals surface area (Å²) in [5, 5.41) is 10.0. The fraction of sp³-hybridized carbons (Fsp3) is 0.522. The molecule has 168 valence electrons. The molecule has 0 bridgehead atoms. The zero-order valence-electron chi connectivity index (χ0n) is 18.0. The van der Waals surface area contributed by atoms with Gasteiger partial charge < -0.3 is 19.3 Å². The molecule has 2 aliphatic rings. The number of esters is 1. The average Bonchev–Trinajstić information content (AvgIpc) is 2.99. The van der Waals surface area contributed by atoms with Crippen molar-refractivity contribution in [2.75, 3.05) is 13.7 Å². The number of carbonyl (C=O) groups is 3. The van der Waals surface area contributed by atoms with Gasteiger partial charge in [-0.2, -0.15) is 0 Å². The van der Waals surface area contributed by atoms with Crippen LogP contribution in [-0.2, 0) is 30.3 Å². The van der Waals surface area contributed by atoms with Crippen molar-refractivity contribution < 1.29 is 33.7 Å². The highest BCUT2D eigenvalue weighted by Crippen LogP contribution is 2.47. The van der Waals surface area contributed by atoms with Crippen LogP contribution in [0.3, 0.4) is 0 Å². The number of ether oxygens (including phenoxy) is 3. The molecule has 1 aromatic carbocycles. The molecule has 2 aliphatic heterocycles. The van der Waals surface area contributed by atoms with Gasteiger partial charge in [0.05, 0.1) is 13.5 Å². The summed E-state index contributed by atoms with van der Waals surface area (Å²) < 4.78 is 15.8. The fourth-order valence-corrected chi connectivity index (χ4v) is 4.17. The lowest BCUT2D eigenvalue weighted by Gasteiger charge is -2.40. The Kier molecular flexibility index (Phi) is 7.20. The molecule has 0 aliphatic carbocycles. The lowest BCUT2D eigenvalue weighted by Crippen LogP contribution is -2.62. The summed E-state index contributed by atoms with van der Waals surface area (Å²) in [6.07, 6.45) is 5.70. The van der Waals surface area contributed by atoms with Gasteiger partial charge in [-0.05, 0) is 43.0 Å². The second kappa shape index (κ2) is 9.85. The maximum absolute atomic E-state index is 12.3. The van der Waals surface area contributed by atoms with E-state index < -0.39 is 23.7 Å². The first-order valence-corrected chi connectivity index (χ1v) is 10.6. The van der Waals surface area contributed by atoms with E-state index in [1.54, 1.807) is 7.11 Å². The minimum Gasteiger partial charge on any atom is -0.497 e. The van der Waals surface area contributed by atoms with Crippen molar-refractivity contribution in [1.29, 1.82) is 0 Å². The number of benzene rings is 1. The van der Waals surface area contributed by atoms with Crippen LogP contribution in [0.2, 0.25) is 0 Å². The molecule has 3 rings (SSSR count). The lowest BCUT2D eigenvalue weighted by molar-refractivity contribution is -0.171. The van der Waals surface area contributed by atoms with E-state index in [0.29, 0.717) is 6.42 Å². The zero-order chi connectivity index (χ0) is 22.4. The quantitative estimate of drug-likeness (QED) is 0.326. The Morgan fingerprint density at radius 2 is 1.94 bits per heavy atom. The smallest absolute Gasteiger partial charge is 0.337 e. The van der Waals surface area contributed by atoms with Gasteiger partial charge in [0, 0.05) is 6.92 Å². The predicted molar refractivity (Wildman–Crippen MR) is 111 cm³/mol. The van der Waals surface area contributed by atoms with E-state index >= 15 is 0 Å². The van der Waals surface area contributed by atoms with Gasteiger partial charge in [-0.25, -0.2) is 4.79 Å². The van der Waals surface area contributed by atoms with E-state index in [4.69, 9.17) is 14.2 Å². The number of aliphatic carboxylic acids is 1. The first-order chi connectivity index (χ1) is 14.9. The number of β-lactam (4-membered cyclic amide) rings is 1. The number of amides is 1. The molecule has 2 atom stereocenters. The molecule has 0 unspecified atom stereocenters. The van der Waals surface area contributed by atoms with Crippen LogP contribution in [0.25, 0.3) is 0 Å². The van der Waals surface area contributed by atoms with Crippen LogP contribution in [0, 0.1) is 0 Å². The Balaban J connectivity index is 1.55. The number of hydrogen-bond acceptors (Lipinski definition) is 6. The molecule has 1 amide bonds. The van der Waals surface area contributed by atoms with Crippen LogP contribution < -0.4 is 4.74 Å². The van der Waals surface area contributed by atoms with Crippen molar-refractivity contribution in [2.24, 2.45) is 0 Å². The Labute approximate surface area is 181 Å². The molecule has 31 heavy (non-hydrogen) atoms. The number of fused-ring (bicyclic) bond motifs is 1. The van der Waals surface area contributed by atoms with Gasteiger partial charge in [0.2, 0.25) is 11.4 Å². The van der Waals surface area contributed by atoms with Crippen LogP contribution in [0.15, 0.2) is 36.1 Å². The third-order valence-electron chi connectivity index (χ3n) is 5.81. The van der Waals surface area contributed by atoms with Crippen molar-refractivity contribution in [2.45, 2.75) is 63.6 Å². The maximum Gasteiger partial charge on any atom is 0.337 e. The van der Waals surface area contributed by atoms with E-state index in [9.17, 15) is 19.5 Å². The SMILES string of the molecule is COc1ccc(CCCCCC[C@]2(C(=O)O)/C(=C/COC(C)=O)O[C@@H]3CC(=O)N32)cc1. The molecule has 0 spiro atoms. The Morgan fingerprint density at radius 1 is 1.23 bits per heavy atom. The van der Waals surface area contributed by atoms with Gasteiger partial charge >= 0.3 is 11.9 Å². The number of carboxylic acids is 1. The zero-order valence-corrected chi connectivity index (χ0v) is 18.0. The van der Waals surface area contributed by atoms with Crippen LogP contribution in [0.5, 0.6) is 5.75 Å². The number of methoxy groups -OCH3 is 1. The van der Waals surface area contributed by atoms with Crippen LogP contribution in [0.4, 0.5) is 0 Å². The van der Waals surface area contributed by atoms with Crippen molar-refractivity contribution in [3.63, 3.8) is 0 Å². The van der Waals surface area contributed by atoms with Crippen molar-refractivity contribution in [3.8, 4) is 5.75 Å². The number of rotatable bonds is 11. The van der Waals surface area contributed by atoms with E-state index in [1.807, 2.05) is 24.3 Å². The summed E-state index contributed by atoms with van der Waals surface area (Å²) in [5.74, 6) is -0.793. The molecule has 2 saturated heterocycles. The number of carbonyl (C=O) groups excluding carboxylic acids is 2. The topological polar surface area (TPSA) is 102 Å². The third kappa shape index (κ3) is 4.84. The molecule has 0 aromatic heterocycles. The number of nitrogens with zero attached hydrogens (tertiary/aromatic N) is 1. The molecule has 2 fully saturated rings. The summed E-state index contributed by atoms with van der Waals surface area (Å²) in [7, 11) is 1.64. The summed E-state index contributed by atoms with van der Waals surface area (Å²) in [6.45, 7) is 1.19. The van der Waals surface area contributed by atoms with Gasteiger partial charge in [-0.1, -0.05) is 31.4 Å². The Morgan fingerprint density at radius 3 is 2.55 bits per heavy atom. The van der Waals surface area contributed by atoms with Crippen LogP contribution >= 0.6 is 0 Å². The summed E-state index contributed by atoms with van der Waals surface area (Å²) >= 11 is 0. The lowest BCUT2D eigenvalue weighted by atomic mass is 9.86.